The van der Waals surface area contributed by atoms with Gasteiger partial charge in [-0.1, -0.05) is 0 Å². The maximum Gasteiger partial charge on any atom is 0.407 e. The number of methoxy groups -OCH3 is 1. The number of likely N-dealkylation sites (tertiary alicyclic amines) is 1. The molecule has 1 aromatic heterocycles. The molecule has 4 N–H and O–H groups in total. The Morgan fingerprint density at radius 2 is 2.13 bits per heavy atom. The van der Waals surface area contributed by atoms with E-state index in [1.807, 2.05) is 0 Å². The van der Waals surface area contributed by atoms with Gasteiger partial charge in [-0.2, -0.15) is 10.4 Å². The maximum atomic E-state index is 13.2. The van der Waals surface area contributed by atoms with Gasteiger partial charge < -0.3 is 25.8 Å². The van der Waals surface area contributed by atoms with Crippen molar-refractivity contribution in [3.63, 3.8) is 0 Å². The van der Waals surface area contributed by atoms with Gasteiger partial charge in [-0.05, 0) is 37.1 Å². The van der Waals surface area contributed by atoms with Crippen molar-refractivity contribution in [3.8, 4) is 6.07 Å². The van der Waals surface area contributed by atoms with Crippen LogP contribution < -0.4 is 11.1 Å². The third kappa shape index (κ3) is 4.75. The van der Waals surface area contributed by atoms with Gasteiger partial charge in [0.2, 0.25) is 0 Å². The number of aromatic nitrogens is 2. The Morgan fingerprint density at radius 1 is 1.42 bits per heavy atom. The number of primary amides is 1. The molecular weight excluding hydrogens is 407 g/mol. The van der Waals surface area contributed by atoms with Gasteiger partial charge in [-0.25, -0.2) is 9.18 Å². The number of nitrogens with zero attached hydrogens (tertiary/aromatic N) is 4. The van der Waals surface area contributed by atoms with E-state index < -0.39 is 35.8 Å². The van der Waals surface area contributed by atoms with Gasteiger partial charge in [0.05, 0.1) is 24.1 Å². The van der Waals surface area contributed by atoms with E-state index in [4.69, 9.17) is 10.5 Å². The standard InChI is InChI=1S/C20H23FN6O4/c1-31-9-7-16-17(12(10-22)6-8-26(16)20(29)30)27-11-15(18(23)28)19(25-27)24-14-4-2-13(21)3-5-14/h2-5,11-12,16-17H,6-9H2,1H3,(H2,23,28)(H,24,25)(H,29,30). The van der Waals surface area contributed by atoms with Crippen molar-refractivity contribution < 1.29 is 23.8 Å². The summed E-state index contributed by atoms with van der Waals surface area (Å²) in [5.41, 5.74) is 6.06. The molecule has 0 aliphatic carbocycles. The number of rotatable bonds is 7. The molecule has 11 heteroatoms. The molecule has 0 bridgehead atoms. The van der Waals surface area contributed by atoms with Crippen molar-refractivity contribution in [1.29, 1.82) is 5.26 Å². The predicted molar refractivity (Wildman–Crippen MR) is 108 cm³/mol. The Kier molecular flexibility index (Phi) is 6.71. The Bertz CT molecular complexity index is 987. The number of nitrogens with one attached hydrogen (secondary N) is 1. The molecule has 0 saturated carbocycles. The molecule has 1 aliphatic heterocycles. The quantitative estimate of drug-likeness (QED) is 0.611. The van der Waals surface area contributed by atoms with E-state index in [0.29, 0.717) is 18.5 Å². The minimum atomic E-state index is -1.10. The fraction of sp³-hybridized carbons (Fsp3) is 0.400. The van der Waals surface area contributed by atoms with E-state index in [1.54, 1.807) is 0 Å². The number of carbonyl (C=O) groups is 2. The summed E-state index contributed by atoms with van der Waals surface area (Å²) in [4.78, 5) is 25.1. The van der Waals surface area contributed by atoms with E-state index in [0.717, 1.165) is 0 Å². The normalized spacial score (nSPS) is 20.8. The Morgan fingerprint density at radius 3 is 2.71 bits per heavy atom. The molecule has 1 aromatic carbocycles. The van der Waals surface area contributed by atoms with E-state index >= 15 is 0 Å². The predicted octanol–water partition coefficient (Wildman–Crippen LogP) is 2.33. The molecule has 2 heterocycles. The van der Waals surface area contributed by atoms with E-state index in [2.05, 4.69) is 16.5 Å². The number of nitrogens with two attached hydrogens (primary N) is 1. The minimum Gasteiger partial charge on any atom is -0.465 e. The van der Waals surface area contributed by atoms with Crippen LogP contribution in [0.1, 0.15) is 29.2 Å². The highest BCUT2D eigenvalue weighted by Gasteiger charge is 2.42. The van der Waals surface area contributed by atoms with Crippen molar-refractivity contribution in [2.75, 3.05) is 25.6 Å². The van der Waals surface area contributed by atoms with Gasteiger partial charge in [-0.15, -0.1) is 0 Å². The monoisotopic (exact) mass is 430 g/mol. The third-order valence-electron chi connectivity index (χ3n) is 5.33. The van der Waals surface area contributed by atoms with Crippen LogP contribution in [0.25, 0.3) is 0 Å². The van der Waals surface area contributed by atoms with Gasteiger partial charge in [-0.3, -0.25) is 9.48 Å². The first-order valence-electron chi connectivity index (χ1n) is 9.65. The highest BCUT2D eigenvalue weighted by Crippen LogP contribution is 2.36. The molecule has 3 unspecified atom stereocenters. The number of carboxylic acid groups (broad SMARTS) is 1. The van der Waals surface area contributed by atoms with Crippen molar-refractivity contribution in [2.45, 2.75) is 24.9 Å². The smallest absolute Gasteiger partial charge is 0.407 e. The molecule has 2 aromatic rings. The number of ether oxygens (including phenoxy) is 1. The van der Waals surface area contributed by atoms with Crippen molar-refractivity contribution in [1.82, 2.24) is 14.7 Å². The summed E-state index contributed by atoms with van der Waals surface area (Å²) in [6.45, 7) is 0.497. The lowest BCUT2D eigenvalue weighted by Gasteiger charge is -2.42. The summed E-state index contributed by atoms with van der Waals surface area (Å²) in [5.74, 6) is -1.56. The molecule has 0 spiro atoms. The third-order valence-corrected chi connectivity index (χ3v) is 5.33. The highest BCUT2D eigenvalue weighted by molar-refractivity contribution is 5.98. The molecule has 10 nitrogen and oxygen atoms in total. The van der Waals surface area contributed by atoms with Gasteiger partial charge in [0.1, 0.15) is 11.4 Å². The lowest BCUT2D eigenvalue weighted by atomic mass is 9.85. The summed E-state index contributed by atoms with van der Waals surface area (Å²) in [5, 5.41) is 26.7. The topological polar surface area (TPSA) is 146 Å². The number of benzene rings is 1. The zero-order valence-corrected chi connectivity index (χ0v) is 16.9. The second-order valence-electron chi connectivity index (χ2n) is 7.21. The molecule has 1 fully saturated rings. The fourth-order valence-corrected chi connectivity index (χ4v) is 3.86. The van der Waals surface area contributed by atoms with Crippen LogP contribution in [0.3, 0.4) is 0 Å². The highest BCUT2D eigenvalue weighted by atomic mass is 19.1. The van der Waals surface area contributed by atoms with Crippen molar-refractivity contribution in [2.24, 2.45) is 11.7 Å². The molecule has 31 heavy (non-hydrogen) atoms. The molecule has 1 aliphatic rings. The van der Waals surface area contributed by atoms with Crippen LogP contribution in [0, 0.1) is 23.1 Å². The molecule has 3 atom stereocenters. The molecule has 164 valence electrons. The number of anilines is 2. The number of nitriles is 1. The lowest BCUT2D eigenvalue weighted by molar-refractivity contribution is 0.0438. The zero-order valence-electron chi connectivity index (χ0n) is 16.9. The number of amides is 2. The number of piperidine rings is 1. The minimum absolute atomic E-state index is 0.0685. The summed E-state index contributed by atoms with van der Waals surface area (Å²) in [7, 11) is 1.51. The fourth-order valence-electron chi connectivity index (χ4n) is 3.86. The van der Waals surface area contributed by atoms with Gasteiger partial charge in [0.15, 0.2) is 5.82 Å². The largest absolute Gasteiger partial charge is 0.465 e. The van der Waals surface area contributed by atoms with Crippen LogP contribution in [0.5, 0.6) is 0 Å². The van der Waals surface area contributed by atoms with Crippen molar-refractivity contribution in [3.05, 3.63) is 41.8 Å². The SMILES string of the molecule is COCCC1C(n2cc(C(N)=O)c(Nc3ccc(F)cc3)n2)C(C#N)CCN1C(=O)O. The molecular formula is C20H23FN6O4. The summed E-state index contributed by atoms with van der Waals surface area (Å²) >= 11 is 0. The summed E-state index contributed by atoms with van der Waals surface area (Å²) in [6, 6.07) is 6.46. The number of halogens is 1. The van der Waals surface area contributed by atoms with Crippen LogP contribution in [0.15, 0.2) is 30.5 Å². The first kappa shape index (κ1) is 22.0. The summed E-state index contributed by atoms with van der Waals surface area (Å²) < 4.78 is 19.8. The van der Waals surface area contributed by atoms with E-state index in [1.165, 1.54) is 47.2 Å². The van der Waals surface area contributed by atoms with Gasteiger partial charge in [0.25, 0.3) is 5.91 Å². The second kappa shape index (κ2) is 9.44. The van der Waals surface area contributed by atoms with Crippen LogP contribution in [0.2, 0.25) is 0 Å². The number of hydrogen-bond acceptors (Lipinski definition) is 6. The molecule has 0 radical (unpaired) electrons. The average molecular weight is 430 g/mol. The Balaban J connectivity index is 2.02. The average Bonchev–Trinajstić information content (AvgIpc) is 3.16. The maximum absolute atomic E-state index is 13.2. The molecule has 2 amide bonds. The van der Waals surface area contributed by atoms with Crippen molar-refractivity contribution >= 4 is 23.5 Å². The van der Waals surface area contributed by atoms with Gasteiger partial charge in [0, 0.05) is 32.1 Å². The van der Waals surface area contributed by atoms with Crippen LogP contribution in [-0.4, -0.2) is 58.1 Å². The molecule has 1 saturated heterocycles. The first-order chi connectivity index (χ1) is 14.8. The Labute approximate surface area is 178 Å². The van der Waals surface area contributed by atoms with Gasteiger partial charge >= 0.3 is 6.09 Å². The van der Waals surface area contributed by atoms with E-state index in [-0.39, 0.29) is 24.5 Å². The second-order valence-corrected chi connectivity index (χ2v) is 7.21. The zero-order chi connectivity index (χ0) is 22.5. The van der Waals surface area contributed by atoms with Crippen LogP contribution in [-0.2, 0) is 4.74 Å². The first-order valence-corrected chi connectivity index (χ1v) is 9.65. The number of hydrogen-bond donors (Lipinski definition) is 3. The molecule has 3 rings (SSSR count). The number of carbonyl (C=O) groups excluding carboxylic acids is 1. The lowest BCUT2D eigenvalue weighted by Crippen LogP contribution is -2.52. The van der Waals surface area contributed by atoms with E-state index in [9.17, 15) is 24.3 Å². The van der Waals surface area contributed by atoms with Crippen LogP contribution >= 0.6 is 0 Å². The van der Waals surface area contributed by atoms with Crippen LogP contribution in [0.4, 0.5) is 20.7 Å². The Hall–Kier alpha value is -3.65. The summed E-state index contributed by atoms with van der Waals surface area (Å²) in [6.07, 6.45) is 0.977.